The van der Waals surface area contributed by atoms with Gasteiger partial charge in [-0.25, -0.2) is 4.39 Å². The van der Waals surface area contributed by atoms with Gasteiger partial charge >= 0.3 is 0 Å². The third-order valence-electron chi connectivity index (χ3n) is 4.18. The topological polar surface area (TPSA) is 15.3 Å². The fraction of sp³-hybridized carbons (Fsp3) is 0.600. The molecule has 1 unspecified atom stereocenters. The molecule has 1 heterocycles. The van der Waals surface area contributed by atoms with Gasteiger partial charge in [-0.2, -0.15) is 0 Å². The van der Waals surface area contributed by atoms with Crippen LogP contribution in [0.5, 0.6) is 0 Å². The maximum absolute atomic E-state index is 13.1. The van der Waals surface area contributed by atoms with Crippen LogP contribution in [0, 0.1) is 18.7 Å². The molecule has 3 rings (SSSR count). The van der Waals surface area contributed by atoms with Gasteiger partial charge in [-0.15, -0.1) is 0 Å². The van der Waals surface area contributed by atoms with Gasteiger partial charge in [-0.1, -0.05) is 6.07 Å². The van der Waals surface area contributed by atoms with Gasteiger partial charge in [0.25, 0.3) is 0 Å². The molecule has 0 aromatic heterocycles. The Hall–Kier alpha value is -0.930. The molecular weight excluding hydrogens is 227 g/mol. The first-order valence-electron chi connectivity index (χ1n) is 6.93. The number of halogens is 1. The first kappa shape index (κ1) is 12.1. The molecule has 0 radical (unpaired) electrons. The standard InChI is InChI=1S/C15H21FN2/c1-11-8-14(16)5-4-13(11)9-18-7-6-17-15(10-18)12-2-3-12/h4-5,8,12,15,17H,2-3,6-7,9-10H2,1H3. The summed E-state index contributed by atoms with van der Waals surface area (Å²) in [6, 6.07) is 5.82. The minimum atomic E-state index is -0.132. The fourth-order valence-corrected chi connectivity index (χ4v) is 2.88. The lowest BCUT2D eigenvalue weighted by Crippen LogP contribution is -2.51. The monoisotopic (exact) mass is 248 g/mol. The zero-order valence-corrected chi connectivity index (χ0v) is 11.0. The van der Waals surface area contributed by atoms with Crippen molar-refractivity contribution in [2.24, 2.45) is 5.92 Å². The van der Waals surface area contributed by atoms with Crippen LogP contribution >= 0.6 is 0 Å². The van der Waals surface area contributed by atoms with E-state index in [0.717, 1.165) is 37.7 Å². The SMILES string of the molecule is Cc1cc(F)ccc1CN1CCNC(C2CC2)C1. The predicted octanol–water partition coefficient (Wildman–Crippen LogP) is 2.32. The number of benzene rings is 1. The highest BCUT2D eigenvalue weighted by molar-refractivity contribution is 5.26. The van der Waals surface area contributed by atoms with E-state index in [-0.39, 0.29) is 5.82 Å². The fourth-order valence-electron chi connectivity index (χ4n) is 2.88. The molecule has 1 N–H and O–H groups in total. The third-order valence-corrected chi connectivity index (χ3v) is 4.18. The van der Waals surface area contributed by atoms with Crippen molar-refractivity contribution >= 4 is 0 Å². The number of aryl methyl sites for hydroxylation is 1. The summed E-state index contributed by atoms with van der Waals surface area (Å²) in [5.74, 6) is 0.773. The Kier molecular flexibility index (Phi) is 3.35. The highest BCUT2D eigenvalue weighted by Gasteiger charge is 2.33. The molecule has 1 aliphatic carbocycles. The number of piperazine rings is 1. The van der Waals surface area contributed by atoms with Gasteiger partial charge in [0.05, 0.1) is 0 Å². The Morgan fingerprint density at radius 1 is 1.39 bits per heavy atom. The molecular formula is C15H21FN2. The van der Waals surface area contributed by atoms with Gasteiger partial charge in [0, 0.05) is 32.2 Å². The van der Waals surface area contributed by atoms with Gasteiger partial charge < -0.3 is 5.32 Å². The van der Waals surface area contributed by atoms with E-state index in [0.29, 0.717) is 6.04 Å². The molecule has 3 heteroatoms. The molecule has 2 fully saturated rings. The lowest BCUT2D eigenvalue weighted by Gasteiger charge is -2.34. The van der Waals surface area contributed by atoms with Crippen molar-refractivity contribution in [3.8, 4) is 0 Å². The van der Waals surface area contributed by atoms with Crippen LogP contribution in [-0.2, 0) is 6.54 Å². The number of rotatable bonds is 3. The first-order valence-corrected chi connectivity index (χ1v) is 6.93. The molecule has 18 heavy (non-hydrogen) atoms. The summed E-state index contributed by atoms with van der Waals surface area (Å²) < 4.78 is 13.1. The van der Waals surface area contributed by atoms with E-state index in [1.165, 1.54) is 18.4 Å². The summed E-state index contributed by atoms with van der Waals surface area (Å²) in [5, 5.41) is 3.62. The predicted molar refractivity (Wildman–Crippen MR) is 70.9 cm³/mol. The van der Waals surface area contributed by atoms with Gasteiger partial charge in [-0.3, -0.25) is 4.90 Å². The average molecular weight is 248 g/mol. The molecule has 1 aromatic carbocycles. The zero-order valence-electron chi connectivity index (χ0n) is 11.0. The van der Waals surface area contributed by atoms with Gasteiger partial charge in [0.1, 0.15) is 5.82 Å². The highest BCUT2D eigenvalue weighted by Crippen LogP contribution is 2.33. The Morgan fingerprint density at radius 2 is 2.22 bits per heavy atom. The van der Waals surface area contributed by atoms with Gasteiger partial charge in [0.15, 0.2) is 0 Å². The molecule has 2 aliphatic rings. The average Bonchev–Trinajstić information content (AvgIpc) is 3.17. The van der Waals surface area contributed by atoms with E-state index < -0.39 is 0 Å². The second-order valence-electron chi connectivity index (χ2n) is 5.70. The van der Waals surface area contributed by atoms with Crippen LogP contribution in [0.1, 0.15) is 24.0 Å². The minimum absolute atomic E-state index is 0.132. The minimum Gasteiger partial charge on any atom is -0.311 e. The van der Waals surface area contributed by atoms with Crippen molar-refractivity contribution in [2.45, 2.75) is 32.4 Å². The maximum atomic E-state index is 13.1. The van der Waals surface area contributed by atoms with Crippen molar-refractivity contribution < 1.29 is 4.39 Å². The molecule has 1 saturated heterocycles. The quantitative estimate of drug-likeness (QED) is 0.883. The number of hydrogen-bond acceptors (Lipinski definition) is 2. The summed E-state index contributed by atoms with van der Waals surface area (Å²) in [4.78, 5) is 2.50. The van der Waals surface area contributed by atoms with Gasteiger partial charge in [-0.05, 0) is 48.9 Å². The van der Waals surface area contributed by atoms with Crippen molar-refractivity contribution in [1.82, 2.24) is 10.2 Å². The van der Waals surface area contributed by atoms with Crippen LogP contribution in [-0.4, -0.2) is 30.6 Å². The molecule has 2 nitrogen and oxygen atoms in total. The third kappa shape index (κ3) is 2.73. The van der Waals surface area contributed by atoms with Crippen molar-refractivity contribution in [1.29, 1.82) is 0 Å². The Balaban J connectivity index is 1.64. The van der Waals surface area contributed by atoms with Crippen molar-refractivity contribution in [2.75, 3.05) is 19.6 Å². The van der Waals surface area contributed by atoms with E-state index in [1.54, 1.807) is 12.1 Å². The van der Waals surface area contributed by atoms with E-state index >= 15 is 0 Å². The second-order valence-corrected chi connectivity index (χ2v) is 5.70. The summed E-state index contributed by atoms with van der Waals surface area (Å²) in [6.07, 6.45) is 2.78. The van der Waals surface area contributed by atoms with E-state index in [4.69, 9.17) is 0 Å². The Bertz CT molecular complexity index is 429. The molecule has 0 bridgehead atoms. The zero-order chi connectivity index (χ0) is 12.5. The lowest BCUT2D eigenvalue weighted by molar-refractivity contribution is 0.181. The number of hydrogen-bond donors (Lipinski definition) is 1. The highest BCUT2D eigenvalue weighted by atomic mass is 19.1. The van der Waals surface area contributed by atoms with Crippen LogP contribution in [0.15, 0.2) is 18.2 Å². The number of nitrogens with zero attached hydrogens (tertiary/aromatic N) is 1. The van der Waals surface area contributed by atoms with Crippen LogP contribution in [0.2, 0.25) is 0 Å². The molecule has 1 saturated carbocycles. The van der Waals surface area contributed by atoms with Crippen LogP contribution in [0.25, 0.3) is 0 Å². The second kappa shape index (κ2) is 4.98. The largest absolute Gasteiger partial charge is 0.311 e. The van der Waals surface area contributed by atoms with E-state index in [9.17, 15) is 4.39 Å². The molecule has 98 valence electrons. The normalized spacial score (nSPS) is 25.3. The molecule has 1 atom stereocenters. The molecule has 0 spiro atoms. The maximum Gasteiger partial charge on any atom is 0.123 e. The Morgan fingerprint density at radius 3 is 2.94 bits per heavy atom. The van der Waals surface area contributed by atoms with Crippen LogP contribution in [0.4, 0.5) is 4.39 Å². The van der Waals surface area contributed by atoms with Crippen molar-refractivity contribution in [3.05, 3.63) is 35.1 Å². The van der Waals surface area contributed by atoms with E-state index in [2.05, 4.69) is 10.2 Å². The molecule has 0 amide bonds. The summed E-state index contributed by atoms with van der Waals surface area (Å²) in [6.45, 7) is 6.28. The van der Waals surface area contributed by atoms with Crippen LogP contribution < -0.4 is 5.32 Å². The first-order chi connectivity index (χ1) is 8.72. The van der Waals surface area contributed by atoms with Crippen molar-refractivity contribution in [3.63, 3.8) is 0 Å². The Labute approximate surface area is 108 Å². The van der Waals surface area contributed by atoms with E-state index in [1.807, 2.05) is 13.0 Å². The molecule has 1 aromatic rings. The summed E-state index contributed by atoms with van der Waals surface area (Å²) in [7, 11) is 0. The summed E-state index contributed by atoms with van der Waals surface area (Å²) >= 11 is 0. The molecule has 1 aliphatic heterocycles. The number of nitrogens with one attached hydrogen (secondary N) is 1. The lowest BCUT2D eigenvalue weighted by atomic mass is 10.1. The summed E-state index contributed by atoms with van der Waals surface area (Å²) in [5.41, 5.74) is 2.32. The van der Waals surface area contributed by atoms with Gasteiger partial charge in [0.2, 0.25) is 0 Å². The van der Waals surface area contributed by atoms with Crippen LogP contribution in [0.3, 0.4) is 0 Å². The smallest absolute Gasteiger partial charge is 0.123 e.